The summed E-state index contributed by atoms with van der Waals surface area (Å²) in [6, 6.07) is 1.46. The first-order valence-electron chi connectivity index (χ1n) is 5.54. The lowest BCUT2D eigenvalue weighted by Gasteiger charge is -2.09. The number of hydrogen-bond donors (Lipinski definition) is 0. The van der Waals surface area contributed by atoms with E-state index >= 15 is 0 Å². The first-order chi connectivity index (χ1) is 10.0. The monoisotopic (exact) mass is 399 g/mol. The molecule has 0 bridgehead atoms. The van der Waals surface area contributed by atoms with Crippen molar-refractivity contribution in [2.45, 2.75) is 6.18 Å². The molecule has 0 aliphatic carbocycles. The predicted molar refractivity (Wildman–Crippen MR) is 70.6 cm³/mol. The van der Waals surface area contributed by atoms with Gasteiger partial charge in [-0.15, -0.1) is 0 Å². The molecule has 0 spiro atoms. The van der Waals surface area contributed by atoms with Gasteiger partial charge in [0.15, 0.2) is 5.69 Å². The maximum Gasteiger partial charge on any atom is 0.434 e. The first-order valence-corrected chi connectivity index (χ1v) is 6.71. The Bertz CT molecular complexity index is 773. The van der Waals surface area contributed by atoms with Gasteiger partial charge in [-0.1, -0.05) is 11.6 Å². The minimum Gasteiger partial charge on any atom is -0.545 e. The van der Waals surface area contributed by atoms with Crippen molar-refractivity contribution in [3.63, 3.8) is 0 Å². The Kier molecular flexibility index (Phi) is 4.22. The molecule has 0 fully saturated rings. The zero-order valence-corrected chi connectivity index (χ0v) is 13.0. The highest BCUT2D eigenvalue weighted by Crippen LogP contribution is 2.40. The Balaban J connectivity index is 2.73. The number of carboxylic acid groups (broad SMARTS) is 1. The van der Waals surface area contributed by atoms with Crippen LogP contribution >= 0.6 is 27.5 Å². The smallest absolute Gasteiger partial charge is 0.434 e. The number of carbonyl (C=O) groups is 1. The molecule has 4 nitrogen and oxygen atoms in total. The number of carboxylic acids is 1. The lowest BCUT2D eigenvalue weighted by atomic mass is 10.1. The molecule has 0 aliphatic rings. The van der Waals surface area contributed by atoms with Gasteiger partial charge in [0.2, 0.25) is 0 Å². The molecule has 0 saturated carbocycles. The van der Waals surface area contributed by atoms with Gasteiger partial charge in [-0.25, -0.2) is 4.39 Å². The van der Waals surface area contributed by atoms with Crippen LogP contribution in [0.3, 0.4) is 0 Å². The van der Waals surface area contributed by atoms with Gasteiger partial charge in [0.25, 0.3) is 0 Å². The summed E-state index contributed by atoms with van der Waals surface area (Å²) in [4.78, 5) is 10.9. The van der Waals surface area contributed by atoms with Crippen molar-refractivity contribution in [1.29, 1.82) is 0 Å². The van der Waals surface area contributed by atoms with Crippen LogP contribution in [-0.4, -0.2) is 15.7 Å². The number of aromatic nitrogens is 2. The van der Waals surface area contributed by atoms with Crippen LogP contribution < -0.4 is 5.11 Å². The van der Waals surface area contributed by atoms with Crippen LogP contribution in [0.25, 0.3) is 11.3 Å². The molecule has 0 radical (unpaired) electrons. The maximum absolute atomic E-state index is 13.9. The molecule has 0 atom stereocenters. The van der Waals surface area contributed by atoms with Crippen LogP contribution in [0.2, 0.25) is 5.02 Å². The maximum atomic E-state index is 13.9. The molecule has 1 heterocycles. The average molecular weight is 401 g/mol. The topological polar surface area (TPSA) is 58.0 Å². The number of nitrogens with zero attached hydrogens (tertiary/aromatic N) is 2. The Morgan fingerprint density at radius 3 is 2.45 bits per heavy atom. The highest BCUT2D eigenvalue weighted by molar-refractivity contribution is 9.10. The van der Waals surface area contributed by atoms with E-state index in [1.807, 2.05) is 0 Å². The molecular weight excluding hydrogens is 395 g/mol. The molecular formula is C12H5BrClF4N2O2-. The quantitative estimate of drug-likeness (QED) is 0.728. The van der Waals surface area contributed by atoms with Crippen molar-refractivity contribution in [2.75, 3.05) is 0 Å². The van der Waals surface area contributed by atoms with Gasteiger partial charge >= 0.3 is 6.18 Å². The van der Waals surface area contributed by atoms with Crippen LogP contribution in [-0.2, 0) is 13.2 Å². The zero-order chi connectivity index (χ0) is 16.8. The number of halogens is 6. The number of aromatic carboxylic acids is 1. The summed E-state index contributed by atoms with van der Waals surface area (Å²) in [7, 11) is 1.03. The van der Waals surface area contributed by atoms with Crippen LogP contribution in [0.5, 0.6) is 0 Å². The molecule has 0 amide bonds. The van der Waals surface area contributed by atoms with E-state index in [1.54, 1.807) is 0 Å². The summed E-state index contributed by atoms with van der Waals surface area (Å²) in [5.41, 5.74) is -2.52. The van der Waals surface area contributed by atoms with E-state index in [4.69, 9.17) is 11.6 Å². The summed E-state index contributed by atoms with van der Waals surface area (Å²) in [5.74, 6) is -2.70. The average Bonchev–Trinajstić information content (AvgIpc) is 2.63. The van der Waals surface area contributed by atoms with Gasteiger partial charge in [-0.2, -0.15) is 18.3 Å². The number of hydrogen-bond acceptors (Lipinski definition) is 3. The van der Waals surface area contributed by atoms with Crippen LogP contribution in [0.15, 0.2) is 16.6 Å². The van der Waals surface area contributed by atoms with Crippen molar-refractivity contribution in [3.8, 4) is 11.3 Å². The molecule has 0 aliphatic heterocycles. The summed E-state index contributed by atoms with van der Waals surface area (Å²) in [6.07, 6.45) is -4.72. The highest BCUT2D eigenvalue weighted by Gasteiger charge is 2.39. The molecule has 10 heteroatoms. The molecule has 1 aromatic heterocycles. The molecule has 118 valence electrons. The number of rotatable bonds is 2. The van der Waals surface area contributed by atoms with E-state index in [2.05, 4.69) is 21.0 Å². The summed E-state index contributed by atoms with van der Waals surface area (Å²) >= 11 is 8.28. The van der Waals surface area contributed by atoms with Gasteiger partial charge in [-0.3, -0.25) is 4.68 Å². The van der Waals surface area contributed by atoms with Gasteiger partial charge in [0.1, 0.15) is 11.5 Å². The molecule has 0 unspecified atom stereocenters. The zero-order valence-electron chi connectivity index (χ0n) is 10.6. The first kappa shape index (κ1) is 16.8. The third-order valence-corrected chi connectivity index (χ3v) is 3.85. The number of alkyl halides is 3. The van der Waals surface area contributed by atoms with Crippen molar-refractivity contribution in [2.24, 2.45) is 7.05 Å². The van der Waals surface area contributed by atoms with Crippen LogP contribution in [0.4, 0.5) is 17.6 Å². The van der Waals surface area contributed by atoms with Crippen molar-refractivity contribution in [3.05, 3.63) is 38.7 Å². The third-order valence-electron chi connectivity index (χ3n) is 2.79. The minimum absolute atomic E-state index is 0.397. The minimum atomic E-state index is -4.72. The Labute approximate surface area is 134 Å². The predicted octanol–water partition coefficient (Wildman–Crippen LogP) is 3.02. The van der Waals surface area contributed by atoms with E-state index in [0.717, 1.165) is 13.1 Å². The lowest BCUT2D eigenvalue weighted by Crippen LogP contribution is -2.22. The number of carbonyl (C=O) groups excluding carboxylic acids is 1. The molecule has 0 saturated heterocycles. The number of benzene rings is 1. The van der Waals surface area contributed by atoms with E-state index in [-0.39, 0.29) is 0 Å². The van der Waals surface area contributed by atoms with Crippen molar-refractivity contribution < 1.29 is 27.5 Å². The summed E-state index contributed by atoms with van der Waals surface area (Å²) in [6.45, 7) is 0. The largest absolute Gasteiger partial charge is 0.545 e. The van der Waals surface area contributed by atoms with Gasteiger partial charge in [0.05, 0.1) is 15.5 Å². The van der Waals surface area contributed by atoms with Crippen LogP contribution in [0.1, 0.15) is 16.1 Å². The highest BCUT2D eigenvalue weighted by atomic mass is 79.9. The van der Waals surface area contributed by atoms with E-state index in [1.165, 1.54) is 0 Å². The second kappa shape index (κ2) is 5.54. The fourth-order valence-corrected chi connectivity index (χ4v) is 2.87. The Hall–Kier alpha value is -1.61. The van der Waals surface area contributed by atoms with Gasteiger partial charge in [0, 0.05) is 18.2 Å². The normalized spacial score (nSPS) is 11.8. The molecule has 2 aromatic rings. The van der Waals surface area contributed by atoms with Crippen molar-refractivity contribution in [1.82, 2.24) is 9.78 Å². The molecule has 2 rings (SSSR count). The summed E-state index contributed by atoms with van der Waals surface area (Å²) < 4.78 is 52.7. The van der Waals surface area contributed by atoms with Crippen LogP contribution in [0, 0.1) is 5.82 Å². The fraction of sp³-hybridized carbons (Fsp3) is 0.167. The second-order valence-electron chi connectivity index (χ2n) is 4.23. The number of aryl methyl sites for hydroxylation is 1. The van der Waals surface area contributed by atoms with E-state index in [9.17, 15) is 27.5 Å². The molecule has 0 N–H and O–H groups in total. The standard InChI is InChI=1S/C12H6BrClF4N2O2/c1-20-10(12(16,17)18)8(13)9(19-20)5-2-4(11(21)22)6(14)3-7(5)15/h2-3H,1H3,(H,21,22)/p-1. The molecule has 1 aromatic carbocycles. The van der Waals surface area contributed by atoms with Crippen molar-refractivity contribution >= 4 is 33.5 Å². The molecule has 22 heavy (non-hydrogen) atoms. The Morgan fingerprint density at radius 2 is 2.00 bits per heavy atom. The third kappa shape index (κ3) is 2.82. The second-order valence-corrected chi connectivity index (χ2v) is 5.43. The van der Waals surface area contributed by atoms with E-state index < -0.39 is 50.0 Å². The Morgan fingerprint density at radius 1 is 1.41 bits per heavy atom. The van der Waals surface area contributed by atoms with Gasteiger partial charge in [-0.05, 0) is 28.1 Å². The fourth-order valence-electron chi connectivity index (χ4n) is 1.87. The summed E-state index contributed by atoms with van der Waals surface area (Å²) in [5, 5.41) is 14.1. The SMILES string of the molecule is Cn1nc(-c2cc(C(=O)[O-])c(Cl)cc2F)c(Br)c1C(F)(F)F. The van der Waals surface area contributed by atoms with Gasteiger partial charge < -0.3 is 9.90 Å². The lowest BCUT2D eigenvalue weighted by molar-refractivity contribution is -0.255. The van der Waals surface area contributed by atoms with E-state index in [0.29, 0.717) is 10.7 Å².